The molecule has 7 nitrogen and oxygen atoms in total. The third kappa shape index (κ3) is 5.92. The van der Waals surface area contributed by atoms with Gasteiger partial charge in [0.15, 0.2) is 0 Å². The van der Waals surface area contributed by atoms with Crippen LogP contribution in [-0.4, -0.2) is 70.0 Å². The zero-order chi connectivity index (χ0) is 20.6. The highest BCUT2D eigenvalue weighted by atomic mass is 16.6. The van der Waals surface area contributed by atoms with Gasteiger partial charge in [0.25, 0.3) is 0 Å². The predicted molar refractivity (Wildman–Crippen MR) is 108 cm³/mol. The van der Waals surface area contributed by atoms with Crippen LogP contribution in [0.15, 0.2) is 36.4 Å². The van der Waals surface area contributed by atoms with Crippen molar-refractivity contribution in [2.45, 2.75) is 12.8 Å². The molecule has 0 radical (unpaired) electrons. The van der Waals surface area contributed by atoms with E-state index in [2.05, 4.69) is 0 Å². The van der Waals surface area contributed by atoms with Gasteiger partial charge in [0, 0.05) is 13.1 Å². The van der Waals surface area contributed by atoms with E-state index in [-0.39, 0.29) is 31.7 Å². The summed E-state index contributed by atoms with van der Waals surface area (Å²) in [5.74, 6) is -0.283. The van der Waals surface area contributed by atoms with Gasteiger partial charge < -0.3 is 18.9 Å². The van der Waals surface area contributed by atoms with Crippen LogP contribution < -0.4 is 4.74 Å². The molecule has 0 spiro atoms. The van der Waals surface area contributed by atoms with Crippen molar-refractivity contribution in [2.24, 2.45) is 0 Å². The molecule has 0 N–H and O–H groups in total. The van der Waals surface area contributed by atoms with Crippen molar-refractivity contribution in [2.75, 3.05) is 53.2 Å². The number of carbonyl (C=O) groups excluding carboxylic acids is 2. The lowest BCUT2D eigenvalue weighted by atomic mass is 9.98. The third-order valence-corrected chi connectivity index (χ3v) is 4.97. The lowest BCUT2D eigenvalue weighted by Crippen LogP contribution is -2.40. The van der Waals surface area contributed by atoms with E-state index in [9.17, 15) is 9.59 Å². The number of methoxy groups -OCH3 is 1. The number of nitrogens with zero attached hydrogens (tertiary/aromatic N) is 1. The van der Waals surface area contributed by atoms with E-state index in [0.717, 1.165) is 35.2 Å². The molecule has 1 heterocycles. The van der Waals surface area contributed by atoms with Gasteiger partial charge in [-0.2, -0.15) is 0 Å². The fraction of sp³-hybridized carbons (Fsp3) is 0.455. The standard InChI is InChI=1S/C22H27NO6/c1-16(17-3-4-19-14-20(26-2)6-5-18(19)13-17)22(25)29-12-11-28-21(24)15-23-7-9-27-10-8-23/h3-6,13-14,16H,7-12,15H2,1-2H3. The summed E-state index contributed by atoms with van der Waals surface area (Å²) in [4.78, 5) is 26.1. The number of hydrogen-bond acceptors (Lipinski definition) is 7. The highest BCUT2D eigenvalue weighted by molar-refractivity contribution is 5.86. The summed E-state index contributed by atoms with van der Waals surface area (Å²) in [5, 5.41) is 2.07. The summed E-state index contributed by atoms with van der Waals surface area (Å²) >= 11 is 0. The molecule has 3 rings (SSSR count). The van der Waals surface area contributed by atoms with Gasteiger partial charge in [0.1, 0.15) is 19.0 Å². The van der Waals surface area contributed by atoms with Gasteiger partial charge in [-0.05, 0) is 35.4 Å². The van der Waals surface area contributed by atoms with Gasteiger partial charge in [0.2, 0.25) is 0 Å². The molecule has 156 valence electrons. The molecular formula is C22H27NO6. The molecule has 1 saturated heterocycles. The zero-order valence-electron chi connectivity index (χ0n) is 16.9. The number of esters is 2. The van der Waals surface area contributed by atoms with Gasteiger partial charge >= 0.3 is 11.9 Å². The van der Waals surface area contributed by atoms with Crippen LogP contribution in [0.3, 0.4) is 0 Å². The monoisotopic (exact) mass is 401 g/mol. The second-order valence-electron chi connectivity index (χ2n) is 6.97. The minimum absolute atomic E-state index is 0.0444. The summed E-state index contributed by atoms with van der Waals surface area (Å²) < 4.78 is 20.9. The Kier molecular flexibility index (Phi) is 7.43. The normalized spacial score (nSPS) is 15.7. The minimum Gasteiger partial charge on any atom is -0.497 e. The molecule has 7 heteroatoms. The molecule has 0 aromatic heterocycles. The number of rotatable bonds is 8. The van der Waals surface area contributed by atoms with Gasteiger partial charge in [-0.25, -0.2) is 0 Å². The lowest BCUT2D eigenvalue weighted by molar-refractivity contribution is -0.154. The van der Waals surface area contributed by atoms with Crippen LogP contribution in [0, 0.1) is 0 Å². The number of benzene rings is 2. The molecule has 29 heavy (non-hydrogen) atoms. The second kappa shape index (κ2) is 10.2. The van der Waals surface area contributed by atoms with E-state index in [0.29, 0.717) is 13.2 Å². The molecule has 0 saturated carbocycles. The summed E-state index contributed by atoms with van der Waals surface area (Å²) in [6.45, 7) is 4.84. The van der Waals surface area contributed by atoms with Gasteiger partial charge in [0.05, 0.1) is 32.8 Å². The number of morpholine rings is 1. The summed E-state index contributed by atoms with van der Waals surface area (Å²) in [5.41, 5.74) is 0.872. The van der Waals surface area contributed by atoms with Crippen LogP contribution in [0.5, 0.6) is 5.75 Å². The second-order valence-corrected chi connectivity index (χ2v) is 6.97. The number of fused-ring (bicyclic) bond motifs is 1. The first-order valence-corrected chi connectivity index (χ1v) is 9.77. The fourth-order valence-electron chi connectivity index (χ4n) is 3.18. The molecule has 0 amide bonds. The Balaban J connectivity index is 1.44. The summed E-state index contributed by atoms with van der Waals surface area (Å²) in [6, 6.07) is 11.7. The van der Waals surface area contributed by atoms with Crippen molar-refractivity contribution in [1.29, 1.82) is 0 Å². The highest BCUT2D eigenvalue weighted by Crippen LogP contribution is 2.25. The van der Waals surface area contributed by atoms with Crippen molar-refractivity contribution in [3.05, 3.63) is 42.0 Å². The van der Waals surface area contributed by atoms with Crippen LogP contribution in [-0.2, 0) is 23.8 Å². The summed E-state index contributed by atoms with van der Waals surface area (Å²) in [6.07, 6.45) is 0. The number of carbonyl (C=O) groups is 2. The molecule has 0 aliphatic carbocycles. The van der Waals surface area contributed by atoms with Gasteiger partial charge in [-0.1, -0.05) is 24.3 Å². The molecule has 1 aliphatic heterocycles. The Labute approximate surface area is 170 Å². The van der Waals surface area contributed by atoms with Gasteiger partial charge in [-0.15, -0.1) is 0 Å². The highest BCUT2D eigenvalue weighted by Gasteiger charge is 2.18. The van der Waals surface area contributed by atoms with Crippen molar-refractivity contribution in [1.82, 2.24) is 4.90 Å². The minimum atomic E-state index is -0.412. The average Bonchev–Trinajstić information content (AvgIpc) is 2.76. The van der Waals surface area contributed by atoms with Crippen LogP contribution in [0.4, 0.5) is 0 Å². The van der Waals surface area contributed by atoms with Crippen molar-refractivity contribution in [3.63, 3.8) is 0 Å². The lowest BCUT2D eigenvalue weighted by Gasteiger charge is -2.25. The summed E-state index contributed by atoms with van der Waals surface area (Å²) in [7, 11) is 1.63. The van der Waals surface area contributed by atoms with E-state index in [4.69, 9.17) is 18.9 Å². The Bertz CT molecular complexity index is 846. The first kappa shape index (κ1) is 21.1. The molecule has 2 aromatic rings. The van der Waals surface area contributed by atoms with Crippen LogP contribution in [0.1, 0.15) is 18.4 Å². The maximum absolute atomic E-state index is 12.3. The van der Waals surface area contributed by atoms with Gasteiger partial charge in [-0.3, -0.25) is 14.5 Å². The maximum Gasteiger partial charge on any atom is 0.320 e. The Hall–Kier alpha value is -2.64. The number of hydrogen-bond donors (Lipinski definition) is 0. The Morgan fingerprint density at radius 1 is 1.03 bits per heavy atom. The Morgan fingerprint density at radius 2 is 1.72 bits per heavy atom. The predicted octanol–water partition coefficient (Wildman–Crippen LogP) is 2.37. The molecule has 1 aliphatic rings. The molecule has 1 atom stereocenters. The first-order valence-electron chi connectivity index (χ1n) is 9.77. The fourth-order valence-corrected chi connectivity index (χ4v) is 3.18. The molecule has 1 unspecified atom stereocenters. The zero-order valence-corrected chi connectivity index (χ0v) is 16.9. The SMILES string of the molecule is COc1ccc2cc(C(C)C(=O)OCCOC(=O)CN3CCOCC3)ccc2c1. The maximum atomic E-state index is 12.3. The van der Waals surface area contributed by atoms with E-state index in [1.807, 2.05) is 41.3 Å². The van der Waals surface area contributed by atoms with E-state index >= 15 is 0 Å². The van der Waals surface area contributed by atoms with E-state index < -0.39 is 5.92 Å². The van der Waals surface area contributed by atoms with E-state index in [1.165, 1.54) is 0 Å². The van der Waals surface area contributed by atoms with E-state index in [1.54, 1.807) is 14.0 Å². The molecule has 0 bridgehead atoms. The van der Waals surface area contributed by atoms with Crippen LogP contribution in [0.25, 0.3) is 10.8 Å². The van der Waals surface area contributed by atoms with Crippen LogP contribution >= 0.6 is 0 Å². The van der Waals surface area contributed by atoms with Crippen molar-refractivity contribution < 1.29 is 28.5 Å². The van der Waals surface area contributed by atoms with Crippen molar-refractivity contribution >= 4 is 22.7 Å². The first-order chi connectivity index (χ1) is 14.1. The largest absolute Gasteiger partial charge is 0.497 e. The quantitative estimate of drug-likeness (QED) is 0.497. The smallest absolute Gasteiger partial charge is 0.320 e. The third-order valence-electron chi connectivity index (χ3n) is 4.97. The average molecular weight is 401 g/mol. The van der Waals surface area contributed by atoms with Crippen LogP contribution in [0.2, 0.25) is 0 Å². The number of ether oxygens (including phenoxy) is 4. The molecular weight excluding hydrogens is 374 g/mol. The van der Waals surface area contributed by atoms with Crippen molar-refractivity contribution in [3.8, 4) is 5.75 Å². The topological polar surface area (TPSA) is 74.3 Å². The molecule has 1 fully saturated rings. The molecule has 2 aromatic carbocycles. The Morgan fingerprint density at radius 3 is 2.48 bits per heavy atom.